The molecule has 0 fully saturated rings. The van der Waals surface area contributed by atoms with Crippen molar-refractivity contribution in [3.63, 3.8) is 0 Å². The lowest BCUT2D eigenvalue weighted by molar-refractivity contribution is -0.114. The summed E-state index contributed by atoms with van der Waals surface area (Å²) >= 11 is 1.33. The molecule has 168 valence electrons. The van der Waals surface area contributed by atoms with Gasteiger partial charge in [0.1, 0.15) is 0 Å². The van der Waals surface area contributed by atoms with Crippen LogP contribution in [0.2, 0.25) is 0 Å². The molecular formula is C25H19N5O3S. The molecule has 9 heteroatoms. The van der Waals surface area contributed by atoms with E-state index >= 15 is 0 Å². The molecule has 5 rings (SSSR count). The molecule has 0 saturated carbocycles. The van der Waals surface area contributed by atoms with Crippen molar-refractivity contribution >= 4 is 45.1 Å². The standard InChI is InChI=1S/C25H19N5O3S/c1-14-22-19(12-20(27-24(22)33-30-14)16-6-4-3-5-7-16)23(32)29-25-28-21(13-34-25)17-8-10-18(11-9-17)26-15(2)31/h3-13H,1-2H3,(H,26,31)(H,28,29,32). The number of carbonyl (C=O) groups is 2. The molecule has 0 atom stereocenters. The predicted octanol–water partition coefficient (Wildman–Crippen LogP) is 5.53. The summed E-state index contributed by atoms with van der Waals surface area (Å²) < 4.78 is 5.37. The van der Waals surface area contributed by atoms with Crippen LogP contribution in [0.4, 0.5) is 10.8 Å². The zero-order valence-electron chi connectivity index (χ0n) is 18.3. The van der Waals surface area contributed by atoms with Crippen LogP contribution in [0.15, 0.2) is 70.6 Å². The number of nitrogens with zero attached hydrogens (tertiary/aromatic N) is 3. The van der Waals surface area contributed by atoms with Crippen LogP contribution in [0.5, 0.6) is 0 Å². The Kier molecular flexibility index (Phi) is 5.60. The first-order chi connectivity index (χ1) is 16.5. The van der Waals surface area contributed by atoms with E-state index in [-0.39, 0.29) is 11.8 Å². The normalized spacial score (nSPS) is 10.9. The highest BCUT2D eigenvalue weighted by Gasteiger charge is 2.20. The van der Waals surface area contributed by atoms with Gasteiger partial charge in [-0.1, -0.05) is 47.6 Å². The Balaban J connectivity index is 1.43. The number of pyridine rings is 1. The number of hydrogen-bond donors (Lipinski definition) is 2. The van der Waals surface area contributed by atoms with Gasteiger partial charge in [-0.3, -0.25) is 14.9 Å². The summed E-state index contributed by atoms with van der Waals surface area (Å²) in [6, 6.07) is 18.7. The second kappa shape index (κ2) is 8.87. The average molecular weight is 470 g/mol. The second-order valence-electron chi connectivity index (χ2n) is 7.62. The number of benzene rings is 2. The van der Waals surface area contributed by atoms with Crippen molar-refractivity contribution in [2.24, 2.45) is 0 Å². The summed E-state index contributed by atoms with van der Waals surface area (Å²) in [5, 5.41) is 12.5. The number of nitrogens with one attached hydrogen (secondary N) is 2. The largest absolute Gasteiger partial charge is 0.335 e. The molecule has 0 aliphatic carbocycles. The molecule has 3 aromatic heterocycles. The van der Waals surface area contributed by atoms with Crippen LogP contribution in [-0.4, -0.2) is 26.9 Å². The molecule has 2 amide bonds. The molecule has 0 aliphatic heterocycles. The zero-order valence-corrected chi connectivity index (χ0v) is 19.1. The fourth-order valence-corrected chi connectivity index (χ4v) is 4.30. The number of aromatic nitrogens is 3. The molecule has 2 aromatic carbocycles. The molecule has 0 saturated heterocycles. The van der Waals surface area contributed by atoms with Crippen LogP contribution >= 0.6 is 11.3 Å². The quantitative estimate of drug-likeness (QED) is 0.350. The number of aryl methyl sites for hydroxylation is 1. The Bertz CT molecular complexity index is 1510. The lowest BCUT2D eigenvalue weighted by Crippen LogP contribution is -2.13. The first-order valence-electron chi connectivity index (χ1n) is 10.5. The van der Waals surface area contributed by atoms with E-state index < -0.39 is 0 Å². The summed E-state index contributed by atoms with van der Waals surface area (Å²) in [7, 11) is 0. The molecule has 0 aliphatic rings. The number of rotatable bonds is 5. The summed E-state index contributed by atoms with van der Waals surface area (Å²) in [4.78, 5) is 33.6. The number of thiazole rings is 1. The van der Waals surface area contributed by atoms with Gasteiger partial charge in [-0.05, 0) is 25.1 Å². The third-order valence-electron chi connectivity index (χ3n) is 5.16. The van der Waals surface area contributed by atoms with Crippen molar-refractivity contribution in [3.8, 4) is 22.5 Å². The average Bonchev–Trinajstić information content (AvgIpc) is 3.46. The molecular weight excluding hydrogens is 450 g/mol. The highest BCUT2D eigenvalue weighted by Crippen LogP contribution is 2.29. The summed E-state index contributed by atoms with van der Waals surface area (Å²) in [6.07, 6.45) is 0. The Morgan fingerprint density at radius 2 is 1.65 bits per heavy atom. The minimum absolute atomic E-state index is 0.130. The van der Waals surface area contributed by atoms with Crippen molar-refractivity contribution in [3.05, 3.63) is 77.3 Å². The van der Waals surface area contributed by atoms with Gasteiger partial charge in [0.2, 0.25) is 5.91 Å². The zero-order chi connectivity index (χ0) is 23.7. The van der Waals surface area contributed by atoms with Gasteiger partial charge >= 0.3 is 0 Å². The molecule has 34 heavy (non-hydrogen) atoms. The molecule has 8 nitrogen and oxygen atoms in total. The van der Waals surface area contributed by atoms with E-state index in [1.54, 1.807) is 13.0 Å². The van der Waals surface area contributed by atoms with E-state index in [2.05, 4.69) is 25.8 Å². The summed E-state index contributed by atoms with van der Waals surface area (Å²) in [5.41, 5.74) is 5.10. The van der Waals surface area contributed by atoms with Crippen LogP contribution in [0, 0.1) is 6.92 Å². The lowest BCUT2D eigenvalue weighted by atomic mass is 10.1. The molecule has 0 bridgehead atoms. The Morgan fingerprint density at radius 1 is 0.912 bits per heavy atom. The molecule has 5 aromatic rings. The van der Waals surface area contributed by atoms with Crippen LogP contribution in [0.1, 0.15) is 23.0 Å². The van der Waals surface area contributed by atoms with Gasteiger partial charge in [-0.2, -0.15) is 0 Å². The monoisotopic (exact) mass is 469 g/mol. The second-order valence-corrected chi connectivity index (χ2v) is 8.48. The van der Waals surface area contributed by atoms with E-state index in [1.165, 1.54) is 18.3 Å². The smallest absolute Gasteiger partial charge is 0.259 e. The molecule has 0 spiro atoms. The topological polar surface area (TPSA) is 110 Å². The number of fused-ring (bicyclic) bond motifs is 1. The van der Waals surface area contributed by atoms with Gasteiger partial charge < -0.3 is 9.84 Å². The van der Waals surface area contributed by atoms with Crippen molar-refractivity contribution < 1.29 is 14.1 Å². The van der Waals surface area contributed by atoms with E-state index in [1.807, 2.05) is 60.0 Å². The van der Waals surface area contributed by atoms with Gasteiger partial charge in [0.25, 0.3) is 11.6 Å². The third-order valence-corrected chi connectivity index (χ3v) is 5.91. The van der Waals surface area contributed by atoms with Crippen LogP contribution in [0.3, 0.4) is 0 Å². The Hall–Kier alpha value is -4.37. The maximum absolute atomic E-state index is 13.3. The maximum Gasteiger partial charge on any atom is 0.259 e. The molecule has 2 N–H and O–H groups in total. The fraction of sp³-hybridized carbons (Fsp3) is 0.0800. The number of hydrogen-bond acceptors (Lipinski definition) is 7. The third kappa shape index (κ3) is 4.28. The van der Waals surface area contributed by atoms with Gasteiger partial charge in [0.05, 0.1) is 28.0 Å². The number of anilines is 2. The highest BCUT2D eigenvalue weighted by molar-refractivity contribution is 7.14. The Morgan fingerprint density at radius 3 is 2.38 bits per heavy atom. The van der Waals surface area contributed by atoms with Crippen molar-refractivity contribution in [1.29, 1.82) is 0 Å². The number of amides is 2. The minimum Gasteiger partial charge on any atom is -0.335 e. The fourth-order valence-electron chi connectivity index (χ4n) is 3.59. The van der Waals surface area contributed by atoms with Crippen molar-refractivity contribution in [1.82, 2.24) is 15.1 Å². The summed E-state index contributed by atoms with van der Waals surface area (Å²) in [6.45, 7) is 3.24. The Labute approximate surface area is 198 Å². The van der Waals surface area contributed by atoms with Crippen molar-refractivity contribution in [2.45, 2.75) is 13.8 Å². The van der Waals surface area contributed by atoms with E-state index in [4.69, 9.17) is 4.52 Å². The van der Waals surface area contributed by atoms with Crippen LogP contribution in [0.25, 0.3) is 33.6 Å². The van der Waals surface area contributed by atoms with Gasteiger partial charge in [-0.15, -0.1) is 11.3 Å². The van der Waals surface area contributed by atoms with E-state index in [9.17, 15) is 9.59 Å². The van der Waals surface area contributed by atoms with Crippen molar-refractivity contribution in [2.75, 3.05) is 10.6 Å². The van der Waals surface area contributed by atoms with Gasteiger partial charge in [-0.25, -0.2) is 9.97 Å². The first-order valence-corrected chi connectivity index (χ1v) is 11.3. The van der Waals surface area contributed by atoms with E-state index in [0.717, 1.165) is 16.8 Å². The molecule has 3 heterocycles. The highest BCUT2D eigenvalue weighted by atomic mass is 32.1. The van der Waals surface area contributed by atoms with E-state index in [0.29, 0.717) is 38.9 Å². The first kappa shape index (κ1) is 21.5. The predicted molar refractivity (Wildman–Crippen MR) is 132 cm³/mol. The molecule has 0 radical (unpaired) electrons. The SMILES string of the molecule is CC(=O)Nc1ccc(-c2csc(NC(=O)c3cc(-c4ccccc4)nc4onc(C)c34)n2)cc1. The lowest BCUT2D eigenvalue weighted by Gasteiger charge is -2.07. The van der Waals surface area contributed by atoms with Crippen LogP contribution in [-0.2, 0) is 4.79 Å². The van der Waals surface area contributed by atoms with Gasteiger partial charge in [0, 0.05) is 29.1 Å². The maximum atomic E-state index is 13.3. The van der Waals surface area contributed by atoms with Gasteiger partial charge in [0.15, 0.2) is 5.13 Å². The van der Waals surface area contributed by atoms with Crippen LogP contribution < -0.4 is 10.6 Å². The minimum atomic E-state index is -0.321. The number of carbonyl (C=O) groups excluding carboxylic acids is 2. The molecule has 0 unspecified atom stereocenters. The summed E-state index contributed by atoms with van der Waals surface area (Å²) in [5.74, 6) is -0.451.